The Morgan fingerprint density at radius 2 is 1.78 bits per heavy atom. The van der Waals surface area contributed by atoms with E-state index in [2.05, 4.69) is 0 Å². The number of halogens is 3. The minimum atomic E-state index is -3.64. The summed E-state index contributed by atoms with van der Waals surface area (Å²) < 4.78 is 35.3. The van der Waals surface area contributed by atoms with E-state index in [1.165, 1.54) is 28.4 Å². The van der Waals surface area contributed by atoms with Gasteiger partial charge in [-0.1, -0.05) is 34.8 Å². The summed E-state index contributed by atoms with van der Waals surface area (Å²) in [5.74, 6) is 0.582. The molecule has 7 nitrogen and oxygen atoms in total. The number of benzene rings is 1. The zero-order valence-corrected chi connectivity index (χ0v) is 18.0. The average molecular weight is 460 g/mol. The Morgan fingerprint density at radius 1 is 1.22 bits per heavy atom. The van der Waals surface area contributed by atoms with Crippen LogP contribution < -0.4 is 4.74 Å². The molecule has 0 atom stereocenters. The molecular formula is C16H21Cl3N2O5S. The van der Waals surface area contributed by atoms with Gasteiger partial charge >= 0.3 is 6.09 Å². The van der Waals surface area contributed by atoms with E-state index in [0.717, 1.165) is 0 Å². The van der Waals surface area contributed by atoms with Crippen molar-refractivity contribution >= 4 is 50.9 Å². The summed E-state index contributed by atoms with van der Waals surface area (Å²) >= 11 is 16.7. The van der Waals surface area contributed by atoms with Crippen molar-refractivity contribution in [3.05, 3.63) is 24.3 Å². The number of carbonyl (C=O) groups excluding carboxylic acids is 1. The number of methoxy groups -OCH3 is 1. The number of ether oxygens (including phenoxy) is 2. The van der Waals surface area contributed by atoms with Gasteiger partial charge in [0.1, 0.15) is 12.4 Å². The molecule has 152 valence electrons. The zero-order valence-electron chi connectivity index (χ0n) is 14.9. The number of rotatable bonds is 5. The van der Waals surface area contributed by atoms with E-state index in [4.69, 9.17) is 44.3 Å². The lowest BCUT2D eigenvalue weighted by Crippen LogP contribution is -2.47. The quantitative estimate of drug-likeness (QED) is 0.632. The van der Waals surface area contributed by atoms with E-state index in [1.807, 2.05) is 0 Å². The third-order valence-electron chi connectivity index (χ3n) is 4.33. The van der Waals surface area contributed by atoms with E-state index in [0.29, 0.717) is 31.7 Å². The Bertz CT molecular complexity index is 744. The summed E-state index contributed by atoms with van der Waals surface area (Å²) in [7, 11) is -0.582. The van der Waals surface area contributed by atoms with Crippen LogP contribution >= 0.6 is 34.8 Å². The van der Waals surface area contributed by atoms with Crippen LogP contribution in [0.3, 0.4) is 0 Å². The van der Waals surface area contributed by atoms with Gasteiger partial charge in [0.2, 0.25) is 13.8 Å². The third kappa shape index (κ3) is 6.02. The molecule has 1 heterocycles. The summed E-state index contributed by atoms with van der Waals surface area (Å²) in [6, 6.07) is 5.99. The maximum Gasteiger partial charge on any atom is 0.409 e. The van der Waals surface area contributed by atoms with Crippen LogP contribution in [0.25, 0.3) is 0 Å². The van der Waals surface area contributed by atoms with Gasteiger partial charge in [-0.2, -0.15) is 4.31 Å². The molecule has 1 aromatic carbocycles. The van der Waals surface area contributed by atoms with Gasteiger partial charge in [-0.15, -0.1) is 0 Å². The van der Waals surface area contributed by atoms with Gasteiger partial charge in [-0.3, -0.25) is 0 Å². The van der Waals surface area contributed by atoms with Crippen LogP contribution in [-0.2, 0) is 14.8 Å². The first kappa shape index (κ1) is 22.4. The number of nitrogens with zero attached hydrogens (tertiary/aromatic N) is 2. The number of piperidine rings is 1. The largest absolute Gasteiger partial charge is 0.497 e. The van der Waals surface area contributed by atoms with E-state index >= 15 is 0 Å². The molecule has 1 saturated heterocycles. The highest BCUT2D eigenvalue weighted by atomic mass is 35.6. The van der Waals surface area contributed by atoms with Crippen molar-refractivity contribution in [2.24, 2.45) is 0 Å². The Balaban J connectivity index is 1.95. The first-order chi connectivity index (χ1) is 12.5. The minimum absolute atomic E-state index is 0.190. The summed E-state index contributed by atoms with van der Waals surface area (Å²) in [6.07, 6.45) is 0.379. The first-order valence-electron chi connectivity index (χ1n) is 8.15. The number of likely N-dealkylation sites (tertiary alicyclic amines) is 1. The standard InChI is InChI=1S/C16H21Cl3N2O5S/c1-20(27(23,24)14-5-3-13(25-2)4-6-14)12-7-9-21(10-8-12)15(22)26-11-16(17,18)19/h3-6,12H,7-11H2,1-2H3. The fraction of sp³-hybridized carbons (Fsp3) is 0.562. The van der Waals surface area contributed by atoms with Crippen molar-refractivity contribution in [3.8, 4) is 5.75 Å². The number of sulfonamides is 1. The summed E-state index contributed by atoms with van der Waals surface area (Å²) in [5, 5.41) is 0. The second-order valence-corrected chi connectivity index (χ2v) is 10.6. The molecule has 1 aliphatic rings. The number of amides is 1. The number of hydrogen-bond donors (Lipinski definition) is 0. The first-order valence-corrected chi connectivity index (χ1v) is 10.7. The predicted molar refractivity (Wildman–Crippen MR) is 104 cm³/mol. The molecule has 1 aromatic rings. The third-order valence-corrected chi connectivity index (χ3v) is 6.58. The molecular weight excluding hydrogens is 439 g/mol. The van der Waals surface area contributed by atoms with Crippen molar-refractivity contribution in [2.75, 3.05) is 33.9 Å². The van der Waals surface area contributed by atoms with E-state index < -0.39 is 19.9 Å². The molecule has 11 heteroatoms. The van der Waals surface area contributed by atoms with Crippen molar-refractivity contribution in [1.29, 1.82) is 0 Å². The Labute approximate surface area is 174 Å². The molecule has 1 aliphatic heterocycles. The molecule has 1 amide bonds. The highest BCUT2D eigenvalue weighted by Gasteiger charge is 2.33. The number of carbonyl (C=O) groups is 1. The molecule has 0 spiro atoms. The molecule has 0 aliphatic carbocycles. The van der Waals surface area contributed by atoms with E-state index in [9.17, 15) is 13.2 Å². The lowest BCUT2D eigenvalue weighted by Gasteiger charge is -2.35. The number of alkyl halides is 3. The van der Waals surface area contributed by atoms with Crippen molar-refractivity contribution in [1.82, 2.24) is 9.21 Å². The Morgan fingerprint density at radius 3 is 2.26 bits per heavy atom. The van der Waals surface area contributed by atoms with Crippen LogP contribution in [0.4, 0.5) is 4.79 Å². The molecule has 1 fully saturated rings. The van der Waals surface area contributed by atoms with Gasteiger partial charge in [-0.05, 0) is 37.1 Å². The van der Waals surface area contributed by atoms with Gasteiger partial charge in [0.15, 0.2) is 0 Å². The second kappa shape index (κ2) is 9.05. The molecule has 0 radical (unpaired) electrons. The summed E-state index contributed by atoms with van der Waals surface area (Å²) in [4.78, 5) is 13.6. The molecule has 0 saturated carbocycles. The van der Waals surface area contributed by atoms with E-state index in [1.54, 1.807) is 19.2 Å². The van der Waals surface area contributed by atoms with Gasteiger partial charge in [-0.25, -0.2) is 13.2 Å². The van der Waals surface area contributed by atoms with Crippen molar-refractivity contribution in [2.45, 2.75) is 27.6 Å². The second-order valence-electron chi connectivity index (χ2n) is 6.08. The predicted octanol–water partition coefficient (Wildman–Crippen LogP) is 3.29. The molecule has 0 bridgehead atoms. The van der Waals surface area contributed by atoms with Crippen LogP contribution in [0.2, 0.25) is 0 Å². The zero-order chi connectivity index (χ0) is 20.2. The summed E-state index contributed by atoms with van der Waals surface area (Å²) in [6.45, 7) is 0.361. The lowest BCUT2D eigenvalue weighted by molar-refractivity contribution is 0.0878. The number of hydrogen-bond acceptors (Lipinski definition) is 5. The molecule has 0 N–H and O–H groups in total. The SMILES string of the molecule is COc1ccc(S(=O)(=O)N(C)C2CCN(C(=O)OCC(Cl)(Cl)Cl)CC2)cc1. The van der Waals surface area contributed by atoms with Crippen LogP contribution in [0.15, 0.2) is 29.2 Å². The molecule has 0 unspecified atom stereocenters. The van der Waals surface area contributed by atoms with Crippen molar-refractivity contribution in [3.63, 3.8) is 0 Å². The molecule has 2 rings (SSSR count). The van der Waals surface area contributed by atoms with Gasteiger partial charge in [0.05, 0.1) is 12.0 Å². The smallest absolute Gasteiger partial charge is 0.409 e. The van der Waals surface area contributed by atoms with Crippen LogP contribution in [-0.4, -0.2) is 67.4 Å². The fourth-order valence-electron chi connectivity index (χ4n) is 2.76. The monoisotopic (exact) mass is 458 g/mol. The topological polar surface area (TPSA) is 76.2 Å². The van der Waals surface area contributed by atoms with Crippen LogP contribution in [0, 0.1) is 0 Å². The maximum absolute atomic E-state index is 12.8. The van der Waals surface area contributed by atoms with Crippen LogP contribution in [0.1, 0.15) is 12.8 Å². The Kier molecular flexibility index (Phi) is 7.49. The van der Waals surface area contributed by atoms with Gasteiger partial charge in [0, 0.05) is 26.2 Å². The maximum atomic E-state index is 12.8. The summed E-state index contributed by atoms with van der Waals surface area (Å²) in [5.41, 5.74) is 0. The lowest BCUT2D eigenvalue weighted by atomic mass is 10.1. The van der Waals surface area contributed by atoms with Gasteiger partial charge < -0.3 is 14.4 Å². The van der Waals surface area contributed by atoms with Crippen molar-refractivity contribution < 1.29 is 22.7 Å². The average Bonchev–Trinajstić information content (AvgIpc) is 2.65. The molecule has 0 aromatic heterocycles. The minimum Gasteiger partial charge on any atom is -0.497 e. The Hall–Kier alpha value is -0.930. The fourth-order valence-corrected chi connectivity index (χ4v) is 4.34. The van der Waals surface area contributed by atoms with Crippen LogP contribution in [0.5, 0.6) is 5.75 Å². The highest BCUT2D eigenvalue weighted by molar-refractivity contribution is 7.89. The normalized spacial score (nSPS) is 16.4. The van der Waals surface area contributed by atoms with E-state index in [-0.39, 0.29) is 17.5 Å². The highest BCUT2D eigenvalue weighted by Crippen LogP contribution is 2.27. The van der Waals surface area contributed by atoms with Gasteiger partial charge in [0.25, 0.3) is 0 Å². The molecule has 27 heavy (non-hydrogen) atoms.